The zero-order valence-corrected chi connectivity index (χ0v) is 6.01. The van der Waals surface area contributed by atoms with Crippen molar-refractivity contribution < 1.29 is 4.55 Å². The van der Waals surface area contributed by atoms with E-state index in [1.54, 1.807) is 6.26 Å². The summed E-state index contributed by atoms with van der Waals surface area (Å²) in [6, 6.07) is 0. The van der Waals surface area contributed by atoms with Crippen LogP contribution in [0.3, 0.4) is 0 Å². The Morgan fingerprint density at radius 2 is 2.33 bits per heavy atom. The van der Waals surface area contributed by atoms with Crippen molar-refractivity contribution in [2.45, 2.75) is 0 Å². The van der Waals surface area contributed by atoms with Crippen molar-refractivity contribution in [1.82, 2.24) is 0 Å². The molecule has 0 amide bonds. The molecule has 0 aromatic rings. The molecular weight excluding hydrogens is 164 g/mol. The first-order valence-electron chi connectivity index (χ1n) is 1.63. The van der Waals surface area contributed by atoms with E-state index in [9.17, 15) is 4.55 Å². The van der Waals surface area contributed by atoms with E-state index in [-0.39, 0.29) is 0 Å². The van der Waals surface area contributed by atoms with Gasteiger partial charge in [0.05, 0.1) is 6.26 Å². The minimum absolute atomic E-state index is 0.612. The summed E-state index contributed by atoms with van der Waals surface area (Å²) in [5.41, 5.74) is 0. The topological polar surface area (TPSA) is 23.1 Å². The van der Waals surface area contributed by atoms with Gasteiger partial charge in [0, 0.05) is 5.33 Å². The van der Waals surface area contributed by atoms with Crippen LogP contribution in [-0.2, 0) is 11.2 Å². The predicted octanol–water partition coefficient (Wildman–Crippen LogP) is 0.760. The van der Waals surface area contributed by atoms with Crippen LogP contribution < -0.4 is 0 Å². The largest absolute Gasteiger partial charge is 0.617 e. The Morgan fingerprint density at radius 1 is 1.83 bits per heavy atom. The van der Waals surface area contributed by atoms with Gasteiger partial charge < -0.3 is 4.55 Å². The lowest BCUT2D eigenvalue weighted by molar-refractivity contribution is 0.602. The van der Waals surface area contributed by atoms with Gasteiger partial charge in [0.25, 0.3) is 0 Å². The average molecular weight is 171 g/mol. The van der Waals surface area contributed by atoms with Gasteiger partial charge in [-0.05, 0) is 0 Å². The minimum atomic E-state index is -0.612. The van der Waals surface area contributed by atoms with Gasteiger partial charge in [-0.3, -0.25) is 0 Å². The average Bonchev–Trinajstić information content (AvgIpc) is 1.35. The number of alkyl halides is 1. The Balaban J connectivity index is 2.63. The summed E-state index contributed by atoms with van der Waals surface area (Å²) >= 11 is 2.54. The Hall–Kier alpha value is 0.790. The summed E-state index contributed by atoms with van der Waals surface area (Å²) in [6.45, 7) is 0. The lowest BCUT2D eigenvalue weighted by Crippen LogP contribution is -2.02. The zero-order valence-electron chi connectivity index (χ0n) is 3.61. The molecule has 0 saturated carbocycles. The Morgan fingerprint density at radius 3 is 2.33 bits per heavy atom. The highest BCUT2D eigenvalue weighted by atomic mass is 79.9. The normalized spacial score (nSPS) is 14.5. The highest BCUT2D eigenvalue weighted by Crippen LogP contribution is 1.85. The molecule has 0 rings (SSSR count). The molecule has 0 bridgehead atoms. The van der Waals surface area contributed by atoms with Crippen molar-refractivity contribution in [2.75, 3.05) is 17.3 Å². The molecule has 0 aromatic carbocycles. The molecule has 6 heavy (non-hydrogen) atoms. The molecule has 0 aliphatic carbocycles. The van der Waals surface area contributed by atoms with Crippen LogP contribution >= 0.6 is 15.9 Å². The van der Waals surface area contributed by atoms with Crippen LogP contribution in [-0.4, -0.2) is 21.9 Å². The Bertz CT molecular complexity index is 32.0. The maximum absolute atomic E-state index is 10.1. The van der Waals surface area contributed by atoms with Crippen LogP contribution in [0.1, 0.15) is 0 Å². The van der Waals surface area contributed by atoms with Crippen molar-refractivity contribution in [3.05, 3.63) is 0 Å². The van der Waals surface area contributed by atoms with Crippen LogP contribution in [0, 0.1) is 0 Å². The molecule has 0 spiro atoms. The molecule has 1 atom stereocenters. The summed E-state index contributed by atoms with van der Waals surface area (Å²) in [5.74, 6) is 0.764. The fraction of sp³-hybridized carbons (Fsp3) is 1.00. The van der Waals surface area contributed by atoms with Gasteiger partial charge in [0.1, 0.15) is 5.75 Å². The van der Waals surface area contributed by atoms with E-state index >= 15 is 0 Å². The van der Waals surface area contributed by atoms with Gasteiger partial charge in [-0.25, -0.2) is 0 Å². The molecule has 1 unspecified atom stereocenters. The lowest BCUT2D eigenvalue weighted by Gasteiger charge is -1.98. The second kappa shape index (κ2) is 3.96. The van der Waals surface area contributed by atoms with Crippen LogP contribution in [0.5, 0.6) is 0 Å². The van der Waals surface area contributed by atoms with E-state index < -0.39 is 11.2 Å². The molecule has 0 heterocycles. The molecule has 0 aromatic heterocycles. The van der Waals surface area contributed by atoms with E-state index in [1.807, 2.05) is 0 Å². The molecule has 0 fully saturated rings. The third-order valence-corrected chi connectivity index (χ3v) is 2.07. The van der Waals surface area contributed by atoms with Gasteiger partial charge in [-0.1, -0.05) is 27.1 Å². The van der Waals surface area contributed by atoms with Gasteiger partial charge in [-0.2, -0.15) is 0 Å². The summed E-state index contributed by atoms with van der Waals surface area (Å²) < 4.78 is 10.1. The van der Waals surface area contributed by atoms with Gasteiger partial charge in [0.15, 0.2) is 0 Å². The van der Waals surface area contributed by atoms with Crippen LogP contribution in [0.2, 0.25) is 0 Å². The zero-order chi connectivity index (χ0) is 4.99. The molecule has 0 aliphatic heterocycles. The fourth-order valence-electron chi connectivity index (χ4n) is 0.109. The first kappa shape index (κ1) is 6.79. The number of hydrogen-bond donors (Lipinski definition) is 0. The molecule has 0 aliphatic rings. The third kappa shape index (κ3) is 4.79. The Kier molecular flexibility index (Phi) is 4.48. The summed E-state index contributed by atoms with van der Waals surface area (Å²) in [6.07, 6.45) is 1.70. The SMILES string of the molecule is C[S+]([O-])CCBr. The van der Waals surface area contributed by atoms with Crippen molar-refractivity contribution >= 4 is 27.1 Å². The van der Waals surface area contributed by atoms with Crippen molar-refractivity contribution in [3.63, 3.8) is 0 Å². The fourth-order valence-corrected chi connectivity index (χ4v) is 1.69. The van der Waals surface area contributed by atoms with E-state index in [0.29, 0.717) is 0 Å². The van der Waals surface area contributed by atoms with Crippen LogP contribution in [0.4, 0.5) is 0 Å². The predicted molar refractivity (Wildman–Crippen MR) is 32.7 cm³/mol. The van der Waals surface area contributed by atoms with Crippen LogP contribution in [0.15, 0.2) is 0 Å². The second-order valence-electron chi connectivity index (χ2n) is 0.966. The third-order valence-electron chi connectivity index (χ3n) is 0.365. The van der Waals surface area contributed by atoms with E-state index in [1.165, 1.54) is 0 Å². The van der Waals surface area contributed by atoms with E-state index in [2.05, 4.69) is 15.9 Å². The number of rotatable bonds is 2. The smallest absolute Gasteiger partial charge is 0.114 e. The molecule has 38 valence electrons. The highest BCUT2D eigenvalue weighted by Gasteiger charge is 1.89. The minimum Gasteiger partial charge on any atom is -0.617 e. The second-order valence-corrected chi connectivity index (χ2v) is 3.31. The monoisotopic (exact) mass is 170 g/mol. The first-order valence-corrected chi connectivity index (χ1v) is 4.48. The van der Waals surface area contributed by atoms with Gasteiger partial charge in [-0.15, -0.1) is 0 Å². The molecule has 0 saturated heterocycles. The first-order chi connectivity index (χ1) is 2.77. The van der Waals surface area contributed by atoms with E-state index in [0.717, 1.165) is 11.1 Å². The molecule has 0 N–H and O–H groups in total. The van der Waals surface area contributed by atoms with Gasteiger partial charge in [0.2, 0.25) is 0 Å². The summed E-state index contributed by atoms with van der Waals surface area (Å²) in [7, 11) is 0. The maximum atomic E-state index is 10.1. The van der Waals surface area contributed by atoms with Crippen molar-refractivity contribution in [2.24, 2.45) is 0 Å². The van der Waals surface area contributed by atoms with E-state index in [4.69, 9.17) is 0 Å². The lowest BCUT2D eigenvalue weighted by atomic mass is 11.0. The van der Waals surface area contributed by atoms with Crippen molar-refractivity contribution in [3.8, 4) is 0 Å². The van der Waals surface area contributed by atoms with Gasteiger partial charge >= 0.3 is 0 Å². The summed E-state index contributed by atoms with van der Waals surface area (Å²) in [4.78, 5) is 0. The standard InChI is InChI=1S/C3H7BrOS/c1-6(5)3-2-4/h2-3H2,1H3. The number of hydrogen-bond acceptors (Lipinski definition) is 1. The van der Waals surface area contributed by atoms with Crippen molar-refractivity contribution in [1.29, 1.82) is 0 Å². The highest BCUT2D eigenvalue weighted by molar-refractivity contribution is 9.09. The summed E-state index contributed by atoms with van der Waals surface area (Å²) in [5, 5.41) is 0.843. The molecule has 0 radical (unpaired) electrons. The quantitative estimate of drug-likeness (QED) is 0.444. The molecule has 1 nitrogen and oxygen atoms in total. The number of halogens is 1. The molecule has 3 heteroatoms. The maximum Gasteiger partial charge on any atom is 0.114 e. The Labute approximate surface area is 49.4 Å². The molecular formula is C3H7BrOS. The van der Waals surface area contributed by atoms with Crippen LogP contribution in [0.25, 0.3) is 0 Å².